The molecule has 0 spiro atoms. The van der Waals surface area contributed by atoms with E-state index in [0.717, 1.165) is 55.0 Å². The third-order valence-corrected chi connectivity index (χ3v) is 6.11. The van der Waals surface area contributed by atoms with Gasteiger partial charge in [0.2, 0.25) is 0 Å². The van der Waals surface area contributed by atoms with Gasteiger partial charge in [-0.25, -0.2) is 4.99 Å². The number of nitrogens with one attached hydrogen (secondary N) is 3. The van der Waals surface area contributed by atoms with Gasteiger partial charge < -0.3 is 16.0 Å². The molecule has 33 heavy (non-hydrogen) atoms. The summed E-state index contributed by atoms with van der Waals surface area (Å²) in [4.78, 5) is 19.3. The number of benzene rings is 2. The lowest BCUT2D eigenvalue weighted by atomic mass is 9.91. The van der Waals surface area contributed by atoms with Crippen LogP contribution in [0.25, 0.3) is 0 Å². The van der Waals surface area contributed by atoms with E-state index in [0.29, 0.717) is 0 Å². The number of halogens is 3. The van der Waals surface area contributed by atoms with Gasteiger partial charge in [0.15, 0.2) is 5.96 Å². The second-order valence-corrected chi connectivity index (χ2v) is 8.77. The van der Waals surface area contributed by atoms with Crippen molar-refractivity contribution < 1.29 is 18.0 Å². The van der Waals surface area contributed by atoms with Crippen LogP contribution in [-0.2, 0) is 6.18 Å². The third-order valence-electron chi connectivity index (χ3n) is 6.11. The van der Waals surface area contributed by atoms with Crippen LogP contribution in [0, 0.1) is 0 Å². The van der Waals surface area contributed by atoms with Gasteiger partial charge in [-0.05, 0) is 70.1 Å². The summed E-state index contributed by atoms with van der Waals surface area (Å²) in [7, 11) is 4.00. The van der Waals surface area contributed by atoms with Crippen molar-refractivity contribution in [1.82, 2.24) is 15.5 Å². The number of carbonyl (C=O) groups excluding carboxylic acids is 1. The zero-order valence-corrected chi connectivity index (χ0v) is 18.6. The van der Waals surface area contributed by atoms with Crippen molar-refractivity contribution in [3.8, 4) is 0 Å². The van der Waals surface area contributed by atoms with Crippen LogP contribution < -0.4 is 16.0 Å². The zero-order chi connectivity index (χ0) is 23.6. The molecule has 1 saturated carbocycles. The minimum Gasteiger partial charge on any atom is -0.353 e. The number of alkyl halides is 3. The predicted molar refractivity (Wildman–Crippen MR) is 122 cm³/mol. The summed E-state index contributed by atoms with van der Waals surface area (Å²) in [5.74, 6) is 0.397. The Morgan fingerprint density at radius 2 is 1.64 bits per heavy atom. The van der Waals surface area contributed by atoms with E-state index >= 15 is 0 Å². The number of para-hydroxylation sites is 1. The van der Waals surface area contributed by atoms with Crippen molar-refractivity contribution >= 4 is 17.6 Å². The highest BCUT2D eigenvalue weighted by molar-refractivity contribution is 5.96. The van der Waals surface area contributed by atoms with Crippen LogP contribution in [0.15, 0.2) is 53.5 Å². The van der Waals surface area contributed by atoms with E-state index in [1.807, 2.05) is 32.3 Å². The molecule has 1 atom stereocenters. The summed E-state index contributed by atoms with van der Waals surface area (Å²) in [6, 6.07) is 12.6. The maximum Gasteiger partial charge on any atom is 0.416 e. The molecule has 2 aromatic rings. The fourth-order valence-electron chi connectivity index (χ4n) is 4.31. The van der Waals surface area contributed by atoms with E-state index in [2.05, 4.69) is 26.9 Å². The van der Waals surface area contributed by atoms with Crippen molar-refractivity contribution in [2.45, 2.75) is 50.1 Å². The summed E-state index contributed by atoms with van der Waals surface area (Å²) in [5, 5.41) is 9.83. The Labute approximate surface area is 191 Å². The number of fused-ring (bicyclic) bond motifs is 1. The molecule has 1 unspecified atom stereocenters. The van der Waals surface area contributed by atoms with Crippen molar-refractivity contribution in [2.75, 3.05) is 19.4 Å². The summed E-state index contributed by atoms with van der Waals surface area (Å²) >= 11 is 0. The Balaban J connectivity index is 1.30. The van der Waals surface area contributed by atoms with Crippen LogP contribution >= 0.6 is 0 Å². The summed E-state index contributed by atoms with van der Waals surface area (Å²) in [5.41, 5.74) is 1.63. The molecule has 0 bridgehead atoms. The van der Waals surface area contributed by atoms with E-state index < -0.39 is 11.7 Å². The highest BCUT2D eigenvalue weighted by Gasteiger charge is 2.31. The predicted octanol–water partition coefficient (Wildman–Crippen LogP) is 4.38. The number of nitrogens with zero attached hydrogens (tertiary/aromatic N) is 2. The van der Waals surface area contributed by atoms with Crippen LogP contribution in [0.4, 0.5) is 18.9 Å². The second kappa shape index (κ2) is 9.43. The number of anilines is 1. The normalized spacial score (nSPS) is 22.7. The maximum atomic E-state index is 12.7. The Morgan fingerprint density at radius 3 is 2.27 bits per heavy atom. The number of carbonyl (C=O) groups is 1. The summed E-state index contributed by atoms with van der Waals surface area (Å²) in [6.45, 7) is 0. The first kappa shape index (κ1) is 23.1. The zero-order valence-electron chi connectivity index (χ0n) is 18.6. The lowest BCUT2D eigenvalue weighted by molar-refractivity contribution is -0.137. The molecule has 6 nitrogen and oxygen atoms in total. The fourth-order valence-corrected chi connectivity index (χ4v) is 4.31. The first-order valence-electron chi connectivity index (χ1n) is 11.1. The molecule has 2 aromatic carbocycles. The molecule has 9 heteroatoms. The molecule has 176 valence electrons. The minimum absolute atomic E-state index is 0.00524. The van der Waals surface area contributed by atoms with E-state index in [1.165, 1.54) is 12.1 Å². The molecular formula is C24H28F3N5O. The minimum atomic E-state index is -4.41. The highest BCUT2D eigenvalue weighted by Crippen LogP contribution is 2.31. The molecule has 1 fully saturated rings. The molecule has 0 radical (unpaired) electrons. The summed E-state index contributed by atoms with van der Waals surface area (Å²) < 4.78 is 38.1. The number of rotatable bonds is 4. The molecule has 1 heterocycles. The Bertz CT molecular complexity index is 1010. The lowest BCUT2D eigenvalue weighted by Crippen LogP contribution is -2.46. The van der Waals surface area contributed by atoms with E-state index in [4.69, 9.17) is 4.99 Å². The Hall–Kier alpha value is -3.07. The molecule has 4 rings (SSSR count). The standard InChI is InChI=1S/C24H28F3N5O/c1-32(2)21-19-5-3-4-6-20(19)30-23(31-21)29-18-13-11-17(12-14-18)28-22(33)15-7-9-16(10-8-15)24(25,26)27/h3-10,17-18,21H,11-14H2,1-2H3,(H,28,33)(H2,29,30,31). The quantitative estimate of drug-likeness (QED) is 0.635. The molecule has 1 amide bonds. The monoisotopic (exact) mass is 459 g/mol. The van der Waals surface area contributed by atoms with Gasteiger partial charge in [-0.1, -0.05) is 18.2 Å². The van der Waals surface area contributed by atoms with Crippen LogP contribution in [0.5, 0.6) is 0 Å². The fraction of sp³-hybridized carbons (Fsp3) is 0.417. The molecule has 3 N–H and O–H groups in total. The van der Waals surface area contributed by atoms with Gasteiger partial charge in [0.25, 0.3) is 5.91 Å². The van der Waals surface area contributed by atoms with Crippen molar-refractivity contribution in [1.29, 1.82) is 0 Å². The van der Waals surface area contributed by atoms with Crippen molar-refractivity contribution in [3.05, 3.63) is 65.2 Å². The average Bonchev–Trinajstić information content (AvgIpc) is 2.79. The number of amides is 1. The first-order chi connectivity index (χ1) is 15.7. The number of hydrogen-bond acceptors (Lipinski definition) is 5. The van der Waals surface area contributed by atoms with Gasteiger partial charge in [-0.2, -0.15) is 13.2 Å². The van der Waals surface area contributed by atoms with Gasteiger partial charge in [-0.15, -0.1) is 0 Å². The van der Waals surface area contributed by atoms with Gasteiger partial charge in [0.1, 0.15) is 6.17 Å². The molecule has 0 saturated heterocycles. The van der Waals surface area contributed by atoms with Crippen LogP contribution in [0.1, 0.15) is 53.3 Å². The molecule has 0 aromatic heterocycles. The van der Waals surface area contributed by atoms with Crippen molar-refractivity contribution in [3.63, 3.8) is 0 Å². The highest BCUT2D eigenvalue weighted by atomic mass is 19.4. The van der Waals surface area contributed by atoms with Gasteiger partial charge in [0.05, 0.1) is 5.56 Å². The van der Waals surface area contributed by atoms with E-state index in [-0.39, 0.29) is 29.7 Å². The lowest BCUT2D eigenvalue weighted by Gasteiger charge is -2.34. The third kappa shape index (κ3) is 5.47. The number of guanidine groups is 1. The molecule has 1 aliphatic carbocycles. The number of hydrogen-bond donors (Lipinski definition) is 3. The van der Waals surface area contributed by atoms with Gasteiger partial charge in [0, 0.05) is 28.9 Å². The topological polar surface area (TPSA) is 68.8 Å². The SMILES string of the molecule is CN(C)C1N=C(NC2CCC(NC(=O)c3ccc(C(F)(F)F)cc3)CC2)Nc2ccccc21. The van der Waals surface area contributed by atoms with E-state index in [9.17, 15) is 18.0 Å². The summed E-state index contributed by atoms with van der Waals surface area (Å²) in [6.07, 6.45) is -1.20. The Morgan fingerprint density at radius 1 is 1.00 bits per heavy atom. The number of aliphatic imine (C=N–C) groups is 1. The van der Waals surface area contributed by atoms with Crippen LogP contribution in [-0.4, -0.2) is 42.9 Å². The largest absolute Gasteiger partial charge is 0.416 e. The average molecular weight is 460 g/mol. The van der Waals surface area contributed by atoms with Gasteiger partial charge in [-0.3, -0.25) is 9.69 Å². The van der Waals surface area contributed by atoms with Crippen molar-refractivity contribution in [2.24, 2.45) is 4.99 Å². The Kier molecular flexibility index (Phi) is 6.60. The first-order valence-corrected chi connectivity index (χ1v) is 11.1. The van der Waals surface area contributed by atoms with Crippen LogP contribution in [0.3, 0.4) is 0 Å². The smallest absolute Gasteiger partial charge is 0.353 e. The van der Waals surface area contributed by atoms with E-state index in [1.54, 1.807) is 0 Å². The molecule has 1 aliphatic heterocycles. The molecular weight excluding hydrogens is 431 g/mol. The van der Waals surface area contributed by atoms with Gasteiger partial charge >= 0.3 is 6.18 Å². The maximum absolute atomic E-state index is 12.7. The molecule has 2 aliphatic rings. The van der Waals surface area contributed by atoms with Crippen LogP contribution in [0.2, 0.25) is 0 Å². The second-order valence-electron chi connectivity index (χ2n) is 8.77.